The largest absolute Gasteiger partial charge is 0.497 e. The van der Waals surface area contributed by atoms with Crippen molar-refractivity contribution in [2.24, 2.45) is 0 Å². The van der Waals surface area contributed by atoms with Crippen molar-refractivity contribution in [3.63, 3.8) is 0 Å². The first-order chi connectivity index (χ1) is 15.9. The molecule has 0 aliphatic carbocycles. The quantitative estimate of drug-likeness (QED) is 0.265. The lowest BCUT2D eigenvalue weighted by Gasteiger charge is -2.09. The average molecular weight is 489 g/mol. The molecule has 0 aliphatic rings. The number of nitrogens with zero attached hydrogens (tertiary/aromatic N) is 2. The summed E-state index contributed by atoms with van der Waals surface area (Å²) in [5, 5.41) is 13.6. The maximum Gasteiger partial charge on any atom is 0.337 e. The molecule has 0 spiro atoms. The molecule has 2 amide bonds. The third-order valence-electron chi connectivity index (χ3n) is 4.20. The van der Waals surface area contributed by atoms with E-state index in [0.717, 1.165) is 11.3 Å². The minimum absolute atomic E-state index is 0.0909. The number of esters is 1. The number of carbonyl (C=O) groups is 3. The standard InChI is InChI=1S/C21H20N4O6S2/c1-29-14-8-9-15(16(10-14)30-2)18(27)23-20-24-25-21(33-20)32-11-17(26)22-13-6-4-12(5-7-13)19(28)31-3/h4-10H,11H2,1-3H3,(H,22,26)(H,23,24,27). The summed E-state index contributed by atoms with van der Waals surface area (Å²) < 4.78 is 15.5. The van der Waals surface area contributed by atoms with E-state index in [9.17, 15) is 14.4 Å². The van der Waals surface area contributed by atoms with Gasteiger partial charge in [-0.2, -0.15) is 0 Å². The molecule has 2 aromatic carbocycles. The summed E-state index contributed by atoms with van der Waals surface area (Å²) in [5.41, 5.74) is 1.26. The molecule has 12 heteroatoms. The molecule has 0 saturated carbocycles. The Morgan fingerprint density at radius 3 is 2.39 bits per heavy atom. The predicted octanol–water partition coefficient (Wildman–Crippen LogP) is 3.33. The summed E-state index contributed by atoms with van der Waals surface area (Å²) in [6.07, 6.45) is 0. The lowest BCUT2D eigenvalue weighted by molar-refractivity contribution is -0.113. The molecule has 33 heavy (non-hydrogen) atoms. The summed E-state index contributed by atoms with van der Waals surface area (Å²) in [6, 6.07) is 11.2. The van der Waals surface area contributed by atoms with Crippen LogP contribution in [0.2, 0.25) is 0 Å². The number of thioether (sulfide) groups is 1. The smallest absolute Gasteiger partial charge is 0.337 e. The second-order valence-electron chi connectivity index (χ2n) is 6.30. The molecule has 10 nitrogen and oxygen atoms in total. The first-order valence-electron chi connectivity index (χ1n) is 9.41. The van der Waals surface area contributed by atoms with Gasteiger partial charge in [0.1, 0.15) is 11.5 Å². The van der Waals surface area contributed by atoms with Gasteiger partial charge < -0.3 is 19.5 Å². The van der Waals surface area contributed by atoms with E-state index in [0.29, 0.717) is 37.8 Å². The van der Waals surface area contributed by atoms with E-state index in [-0.39, 0.29) is 11.7 Å². The maximum absolute atomic E-state index is 12.6. The van der Waals surface area contributed by atoms with Gasteiger partial charge in [0.25, 0.3) is 5.91 Å². The molecule has 172 valence electrons. The number of benzene rings is 2. The average Bonchev–Trinajstić information content (AvgIpc) is 3.29. The van der Waals surface area contributed by atoms with Gasteiger partial charge in [-0.25, -0.2) is 4.79 Å². The van der Waals surface area contributed by atoms with Crippen LogP contribution >= 0.6 is 23.1 Å². The van der Waals surface area contributed by atoms with Gasteiger partial charge in [-0.05, 0) is 36.4 Å². The lowest BCUT2D eigenvalue weighted by atomic mass is 10.2. The molecular formula is C21H20N4O6S2. The zero-order chi connectivity index (χ0) is 23.8. The molecule has 3 aromatic rings. The van der Waals surface area contributed by atoms with Crippen LogP contribution in [0.4, 0.5) is 10.8 Å². The second-order valence-corrected chi connectivity index (χ2v) is 8.50. The van der Waals surface area contributed by atoms with Crippen molar-refractivity contribution in [3.05, 3.63) is 53.6 Å². The number of ether oxygens (including phenoxy) is 3. The number of hydrogen-bond donors (Lipinski definition) is 2. The van der Waals surface area contributed by atoms with Crippen LogP contribution in [-0.4, -0.2) is 55.1 Å². The van der Waals surface area contributed by atoms with Crippen LogP contribution in [0, 0.1) is 0 Å². The van der Waals surface area contributed by atoms with Gasteiger partial charge in [0, 0.05) is 11.8 Å². The van der Waals surface area contributed by atoms with Gasteiger partial charge in [-0.3, -0.25) is 14.9 Å². The molecule has 0 bridgehead atoms. The highest BCUT2D eigenvalue weighted by molar-refractivity contribution is 8.01. The minimum atomic E-state index is -0.451. The highest BCUT2D eigenvalue weighted by Crippen LogP contribution is 2.28. The fraction of sp³-hybridized carbons (Fsp3) is 0.190. The Morgan fingerprint density at radius 1 is 0.970 bits per heavy atom. The number of amides is 2. The van der Waals surface area contributed by atoms with E-state index in [1.54, 1.807) is 42.5 Å². The molecule has 3 rings (SSSR count). The highest BCUT2D eigenvalue weighted by Gasteiger charge is 2.16. The van der Waals surface area contributed by atoms with Gasteiger partial charge in [-0.1, -0.05) is 23.1 Å². The molecule has 0 radical (unpaired) electrons. The van der Waals surface area contributed by atoms with Crippen molar-refractivity contribution in [1.29, 1.82) is 0 Å². The van der Waals surface area contributed by atoms with E-state index in [4.69, 9.17) is 9.47 Å². The fourth-order valence-corrected chi connectivity index (χ4v) is 4.15. The number of nitrogens with one attached hydrogen (secondary N) is 2. The molecule has 0 saturated heterocycles. The van der Waals surface area contributed by atoms with Crippen LogP contribution in [0.15, 0.2) is 46.8 Å². The van der Waals surface area contributed by atoms with E-state index in [1.807, 2.05) is 0 Å². The number of carbonyl (C=O) groups excluding carboxylic acids is 3. The zero-order valence-corrected chi connectivity index (χ0v) is 19.5. The number of rotatable bonds is 9. The van der Waals surface area contributed by atoms with Crippen molar-refractivity contribution in [2.45, 2.75) is 4.34 Å². The molecule has 0 fully saturated rings. The third-order valence-corrected chi connectivity index (χ3v) is 6.17. The van der Waals surface area contributed by atoms with Crippen LogP contribution < -0.4 is 20.1 Å². The van der Waals surface area contributed by atoms with Crippen molar-refractivity contribution in [2.75, 3.05) is 37.7 Å². The van der Waals surface area contributed by atoms with E-state index < -0.39 is 11.9 Å². The Kier molecular flexibility index (Phi) is 8.22. The van der Waals surface area contributed by atoms with Crippen molar-refractivity contribution < 1.29 is 28.6 Å². The Bertz CT molecular complexity index is 1150. The first-order valence-corrected chi connectivity index (χ1v) is 11.2. The zero-order valence-electron chi connectivity index (χ0n) is 17.9. The molecule has 1 heterocycles. The lowest BCUT2D eigenvalue weighted by Crippen LogP contribution is -2.14. The van der Waals surface area contributed by atoms with Crippen LogP contribution in [0.1, 0.15) is 20.7 Å². The Morgan fingerprint density at radius 2 is 1.73 bits per heavy atom. The molecule has 0 aliphatic heterocycles. The van der Waals surface area contributed by atoms with Gasteiger partial charge in [0.15, 0.2) is 4.34 Å². The molecule has 1 aromatic heterocycles. The first kappa shape index (κ1) is 24.0. The van der Waals surface area contributed by atoms with Crippen LogP contribution in [-0.2, 0) is 9.53 Å². The number of methoxy groups -OCH3 is 3. The van der Waals surface area contributed by atoms with Crippen LogP contribution in [0.5, 0.6) is 11.5 Å². The second kappa shape index (κ2) is 11.3. The highest BCUT2D eigenvalue weighted by atomic mass is 32.2. The van der Waals surface area contributed by atoms with E-state index in [1.165, 1.54) is 33.1 Å². The monoisotopic (exact) mass is 488 g/mol. The van der Waals surface area contributed by atoms with Gasteiger partial charge in [0.05, 0.1) is 38.2 Å². The summed E-state index contributed by atoms with van der Waals surface area (Å²) in [6.45, 7) is 0. The summed E-state index contributed by atoms with van der Waals surface area (Å²) in [7, 11) is 4.29. The normalized spacial score (nSPS) is 10.3. The van der Waals surface area contributed by atoms with Gasteiger partial charge >= 0.3 is 5.97 Å². The van der Waals surface area contributed by atoms with Gasteiger partial charge in [-0.15, -0.1) is 10.2 Å². The van der Waals surface area contributed by atoms with Crippen molar-refractivity contribution in [1.82, 2.24) is 10.2 Å². The van der Waals surface area contributed by atoms with E-state index >= 15 is 0 Å². The topological polar surface area (TPSA) is 129 Å². The van der Waals surface area contributed by atoms with Crippen molar-refractivity contribution in [3.8, 4) is 11.5 Å². The summed E-state index contributed by atoms with van der Waals surface area (Å²) in [4.78, 5) is 36.2. The fourth-order valence-electron chi connectivity index (χ4n) is 2.60. The molecule has 0 atom stereocenters. The maximum atomic E-state index is 12.6. The van der Waals surface area contributed by atoms with Crippen LogP contribution in [0.3, 0.4) is 0 Å². The predicted molar refractivity (Wildman–Crippen MR) is 125 cm³/mol. The van der Waals surface area contributed by atoms with Crippen LogP contribution in [0.25, 0.3) is 0 Å². The Labute approximate surface area is 197 Å². The van der Waals surface area contributed by atoms with Gasteiger partial charge in [0.2, 0.25) is 11.0 Å². The number of anilines is 2. The SMILES string of the molecule is COC(=O)c1ccc(NC(=O)CSc2nnc(NC(=O)c3ccc(OC)cc3OC)s2)cc1. The third kappa shape index (κ3) is 6.43. The van der Waals surface area contributed by atoms with Crippen molar-refractivity contribution >= 4 is 51.7 Å². The summed E-state index contributed by atoms with van der Waals surface area (Å²) >= 11 is 2.33. The van der Waals surface area contributed by atoms with E-state index in [2.05, 4.69) is 25.6 Å². The number of aromatic nitrogens is 2. The molecule has 2 N–H and O–H groups in total. The summed E-state index contributed by atoms with van der Waals surface area (Å²) in [5.74, 6) is -0.0935. The molecule has 0 unspecified atom stereocenters. The molecular weight excluding hydrogens is 468 g/mol. The Balaban J connectivity index is 1.53. The number of hydrogen-bond acceptors (Lipinski definition) is 10. The Hall–Kier alpha value is -3.64. The minimum Gasteiger partial charge on any atom is -0.497 e.